The van der Waals surface area contributed by atoms with Crippen molar-refractivity contribution in [3.8, 4) is 0 Å². The second kappa shape index (κ2) is 5.14. The molecule has 1 heterocycles. The predicted molar refractivity (Wildman–Crippen MR) is 80.5 cm³/mol. The molecule has 98 valence electrons. The summed E-state index contributed by atoms with van der Waals surface area (Å²) in [6.07, 6.45) is 0.939. The molecule has 0 saturated heterocycles. The molecule has 1 aliphatic rings. The molecule has 0 fully saturated rings. The Labute approximate surface area is 124 Å². The van der Waals surface area contributed by atoms with E-state index in [0.29, 0.717) is 10.7 Å². The molecule has 1 aliphatic heterocycles. The third-order valence-corrected chi connectivity index (χ3v) is 4.21. The first-order chi connectivity index (χ1) is 9.15. The average Bonchev–Trinajstić information content (AvgIpc) is 2.39. The smallest absolute Gasteiger partial charge is 0.148 e. The fraction of sp³-hybridized carbons (Fsp3) is 0.200. The van der Waals surface area contributed by atoms with Gasteiger partial charge in [0.2, 0.25) is 0 Å². The maximum Gasteiger partial charge on any atom is 0.148 e. The molecule has 0 aromatic heterocycles. The van der Waals surface area contributed by atoms with Gasteiger partial charge in [-0.25, -0.2) is 4.39 Å². The molecule has 1 unspecified atom stereocenters. The van der Waals surface area contributed by atoms with Gasteiger partial charge in [-0.3, -0.25) is 0 Å². The van der Waals surface area contributed by atoms with Crippen LogP contribution in [0.3, 0.4) is 0 Å². The van der Waals surface area contributed by atoms with Crippen LogP contribution in [0.5, 0.6) is 0 Å². The lowest BCUT2D eigenvalue weighted by Crippen LogP contribution is -2.18. The zero-order valence-electron chi connectivity index (χ0n) is 10.1. The van der Waals surface area contributed by atoms with Crippen molar-refractivity contribution in [2.24, 2.45) is 0 Å². The van der Waals surface area contributed by atoms with Gasteiger partial charge in [-0.2, -0.15) is 0 Å². The van der Waals surface area contributed by atoms with Crippen LogP contribution in [-0.4, -0.2) is 6.54 Å². The maximum atomic E-state index is 13.9. The standard InChI is InChI=1S/C15H12BrClFN/c16-10-3-1-9(2-4-10)12-5-6-19-15-13(12)7-11(17)8-14(15)18/h1-4,7-8,12,19H,5-6H2. The molecular weight excluding hydrogens is 329 g/mol. The van der Waals surface area contributed by atoms with Crippen molar-refractivity contribution in [2.45, 2.75) is 12.3 Å². The number of benzene rings is 2. The topological polar surface area (TPSA) is 12.0 Å². The van der Waals surface area contributed by atoms with E-state index in [1.165, 1.54) is 11.6 Å². The maximum absolute atomic E-state index is 13.9. The number of rotatable bonds is 1. The Morgan fingerprint density at radius 3 is 2.68 bits per heavy atom. The van der Waals surface area contributed by atoms with Crippen LogP contribution in [0.4, 0.5) is 10.1 Å². The lowest BCUT2D eigenvalue weighted by Gasteiger charge is -2.27. The highest BCUT2D eigenvalue weighted by Gasteiger charge is 2.24. The van der Waals surface area contributed by atoms with E-state index in [4.69, 9.17) is 11.6 Å². The molecule has 1 N–H and O–H groups in total. The van der Waals surface area contributed by atoms with Crippen LogP contribution in [0.25, 0.3) is 0 Å². The molecule has 0 radical (unpaired) electrons. The molecule has 0 saturated carbocycles. The van der Waals surface area contributed by atoms with Crippen LogP contribution in [0.15, 0.2) is 40.9 Å². The summed E-state index contributed by atoms with van der Waals surface area (Å²) in [7, 11) is 0. The van der Waals surface area contributed by atoms with Crippen LogP contribution in [-0.2, 0) is 0 Å². The van der Waals surface area contributed by atoms with Crippen LogP contribution in [0.2, 0.25) is 5.02 Å². The highest BCUT2D eigenvalue weighted by Crippen LogP contribution is 2.39. The van der Waals surface area contributed by atoms with Gasteiger partial charge in [0.1, 0.15) is 5.82 Å². The molecule has 0 spiro atoms. The third-order valence-electron chi connectivity index (χ3n) is 3.47. The summed E-state index contributed by atoms with van der Waals surface area (Å²) in [5, 5.41) is 3.57. The Bertz CT molecular complexity index is 612. The summed E-state index contributed by atoms with van der Waals surface area (Å²) in [6, 6.07) is 11.4. The molecular formula is C15H12BrClFN. The summed E-state index contributed by atoms with van der Waals surface area (Å²) in [4.78, 5) is 0. The average molecular weight is 341 g/mol. The van der Waals surface area contributed by atoms with E-state index in [2.05, 4.69) is 33.4 Å². The Hall–Kier alpha value is -1.06. The quantitative estimate of drug-likeness (QED) is 0.753. The van der Waals surface area contributed by atoms with Crippen LogP contribution in [0, 0.1) is 5.82 Å². The molecule has 4 heteroatoms. The van der Waals surface area contributed by atoms with Gasteiger partial charge in [-0.05, 0) is 41.8 Å². The summed E-state index contributed by atoms with van der Waals surface area (Å²) < 4.78 is 15.0. The van der Waals surface area contributed by atoms with Gasteiger partial charge in [0.15, 0.2) is 0 Å². The minimum Gasteiger partial charge on any atom is -0.382 e. The van der Waals surface area contributed by atoms with E-state index >= 15 is 0 Å². The van der Waals surface area contributed by atoms with Gasteiger partial charge in [0.25, 0.3) is 0 Å². The highest BCUT2D eigenvalue weighted by atomic mass is 79.9. The molecule has 2 aromatic rings. The summed E-state index contributed by atoms with van der Waals surface area (Å²) in [6.45, 7) is 0.770. The van der Waals surface area contributed by atoms with Gasteiger partial charge < -0.3 is 5.32 Å². The van der Waals surface area contributed by atoms with E-state index in [1.54, 1.807) is 0 Å². The summed E-state index contributed by atoms with van der Waals surface area (Å²) in [5.74, 6) is -0.0816. The number of hydrogen-bond acceptors (Lipinski definition) is 1. The van der Waals surface area contributed by atoms with E-state index in [9.17, 15) is 4.39 Å². The normalized spacial score (nSPS) is 17.7. The molecule has 3 rings (SSSR count). The number of nitrogens with one attached hydrogen (secondary N) is 1. The summed E-state index contributed by atoms with van der Waals surface area (Å²) >= 11 is 9.42. The van der Waals surface area contributed by atoms with Crippen molar-refractivity contribution in [1.29, 1.82) is 0 Å². The Kier molecular flexibility index (Phi) is 3.50. The molecule has 0 bridgehead atoms. The predicted octanol–water partition coefficient (Wildman–Crippen LogP) is 5.19. The molecule has 19 heavy (non-hydrogen) atoms. The largest absolute Gasteiger partial charge is 0.382 e. The van der Waals surface area contributed by atoms with Gasteiger partial charge >= 0.3 is 0 Å². The Morgan fingerprint density at radius 1 is 1.21 bits per heavy atom. The van der Waals surface area contributed by atoms with Crippen molar-refractivity contribution in [3.63, 3.8) is 0 Å². The van der Waals surface area contributed by atoms with Gasteiger partial charge in [0, 0.05) is 22.0 Å². The van der Waals surface area contributed by atoms with Crippen LogP contribution >= 0.6 is 27.5 Å². The molecule has 0 aliphatic carbocycles. The molecule has 1 atom stereocenters. The van der Waals surface area contributed by atoms with Crippen molar-refractivity contribution in [2.75, 3.05) is 11.9 Å². The first kappa shape index (κ1) is 12.9. The zero-order valence-corrected chi connectivity index (χ0v) is 12.4. The first-order valence-electron chi connectivity index (χ1n) is 6.13. The van der Waals surface area contributed by atoms with Gasteiger partial charge in [0.05, 0.1) is 5.69 Å². The van der Waals surface area contributed by atoms with E-state index < -0.39 is 0 Å². The monoisotopic (exact) mass is 339 g/mol. The summed E-state index contributed by atoms with van der Waals surface area (Å²) in [5.41, 5.74) is 2.72. The first-order valence-corrected chi connectivity index (χ1v) is 7.30. The fourth-order valence-electron chi connectivity index (χ4n) is 2.59. The van der Waals surface area contributed by atoms with Crippen molar-refractivity contribution in [3.05, 3.63) is 62.8 Å². The number of hydrogen-bond donors (Lipinski definition) is 1. The highest BCUT2D eigenvalue weighted by molar-refractivity contribution is 9.10. The lowest BCUT2D eigenvalue weighted by atomic mass is 9.85. The third kappa shape index (κ3) is 2.49. The number of anilines is 1. The number of fused-ring (bicyclic) bond motifs is 1. The van der Waals surface area contributed by atoms with Crippen LogP contribution < -0.4 is 5.32 Å². The number of halogens is 3. The molecule has 2 aromatic carbocycles. The van der Waals surface area contributed by atoms with Crippen molar-refractivity contribution < 1.29 is 4.39 Å². The second-order valence-corrected chi connectivity index (χ2v) is 6.02. The van der Waals surface area contributed by atoms with Gasteiger partial charge in [-0.15, -0.1) is 0 Å². The zero-order chi connectivity index (χ0) is 13.4. The Morgan fingerprint density at radius 2 is 1.95 bits per heavy atom. The minimum atomic E-state index is -0.274. The van der Waals surface area contributed by atoms with Crippen molar-refractivity contribution >= 4 is 33.2 Å². The Balaban J connectivity index is 2.09. The van der Waals surface area contributed by atoms with Crippen LogP contribution in [0.1, 0.15) is 23.5 Å². The molecule has 0 amide bonds. The fourth-order valence-corrected chi connectivity index (χ4v) is 3.07. The van der Waals surface area contributed by atoms with E-state index in [0.717, 1.165) is 23.0 Å². The van der Waals surface area contributed by atoms with E-state index in [-0.39, 0.29) is 11.7 Å². The van der Waals surface area contributed by atoms with Gasteiger partial charge in [-0.1, -0.05) is 39.7 Å². The SMILES string of the molecule is Fc1cc(Cl)cc2c1NCCC2c1ccc(Br)cc1. The second-order valence-electron chi connectivity index (χ2n) is 4.67. The van der Waals surface area contributed by atoms with Crippen molar-refractivity contribution in [1.82, 2.24) is 0 Å². The minimum absolute atomic E-state index is 0.192. The molecule has 1 nitrogen and oxygen atoms in total. The van der Waals surface area contributed by atoms with E-state index in [1.807, 2.05) is 18.2 Å². The lowest BCUT2D eigenvalue weighted by molar-refractivity contribution is 0.615.